The van der Waals surface area contributed by atoms with Crippen LogP contribution in [0.1, 0.15) is 41.8 Å². The number of thiazole rings is 1. The Kier molecular flexibility index (Phi) is 4.53. The fourth-order valence-electron chi connectivity index (χ4n) is 3.14. The number of hydrogen-bond donors (Lipinski definition) is 0. The summed E-state index contributed by atoms with van der Waals surface area (Å²) >= 11 is 1.79. The summed E-state index contributed by atoms with van der Waals surface area (Å²) in [7, 11) is 1.92. The second-order valence-corrected chi connectivity index (χ2v) is 7.90. The monoisotopic (exact) mass is 332 g/mol. The third kappa shape index (κ3) is 3.47. The van der Waals surface area contributed by atoms with E-state index >= 15 is 0 Å². The number of likely N-dealkylation sites (tertiary alicyclic amines) is 1. The molecule has 0 unspecified atom stereocenters. The van der Waals surface area contributed by atoms with E-state index in [1.807, 2.05) is 28.9 Å². The molecule has 6 heteroatoms. The van der Waals surface area contributed by atoms with Gasteiger partial charge in [-0.15, -0.1) is 11.3 Å². The Morgan fingerprint density at radius 1 is 1.39 bits per heavy atom. The van der Waals surface area contributed by atoms with Crippen molar-refractivity contribution in [1.82, 2.24) is 19.7 Å². The van der Waals surface area contributed by atoms with Crippen molar-refractivity contribution in [1.29, 1.82) is 0 Å². The Bertz CT molecular complexity index is 682. The van der Waals surface area contributed by atoms with E-state index < -0.39 is 0 Å². The molecule has 1 aliphatic rings. The maximum absolute atomic E-state index is 12.4. The number of piperidine rings is 1. The average molecular weight is 332 g/mol. The fourth-order valence-corrected chi connectivity index (χ4v) is 4.10. The Balaban J connectivity index is 1.54. The zero-order valence-corrected chi connectivity index (χ0v) is 14.9. The van der Waals surface area contributed by atoms with Crippen molar-refractivity contribution >= 4 is 17.2 Å². The lowest BCUT2D eigenvalue weighted by atomic mass is 9.81. The van der Waals surface area contributed by atoms with Crippen LogP contribution in [0.3, 0.4) is 0 Å². The quantitative estimate of drug-likeness (QED) is 0.865. The number of amides is 1. The smallest absolute Gasteiger partial charge is 0.222 e. The summed E-state index contributed by atoms with van der Waals surface area (Å²) in [5.41, 5.74) is 1.23. The summed E-state index contributed by atoms with van der Waals surface area (Å²) in [5, 5.41) is 5.37. The highest BCUT2D eigenvalue weighted by atomic mass is 32.1. The van der Waals surface area contributed by atoms with Gasteiger partial charge in [0.15, 0.2) is 0 Å². The van der Waals surface area contributed by atoms with Crippen molar-refractivity contribution < 1.29 is 4.79 Å². The number of rotatable bonds is 4. The van der Waals surface area contributed by atoms with Gasteiger partial charge in [-0.05, 0) is 32.3 Å². The van der Waals surface area contributed by atoms with Crippen molar-refractivity contribution in [2.45, 2.75) is 44.9 Å². The molecule has 0 saturated carbocycles. The summed E-state index contributed by atoms with van der Waals surface area (Å²) in [6.07, 6.45) is 7.05. The van der Waals surface area contributed by atoms with Crippen LogP contribution in [0.2, 0.25) is 0 Å². The first-order valence-electron chi connectivity index (χ1n) is 8.15. The van der Waals surface area contributed by atoms with Crippen molar-refractivity contribution in [2.24, 2.45) is 7.05 Å². The predicted molar refractivity (Wildman–Crippen MR) is 91.5 cm³/mol. The van der Waals surface area contributed by atoms with Crippen LogP contribution >= 0.6 is 11.3 Å². The van der Waals surface area contributed by atoms with E-state index in [0.29, 0.717) is 6.42 Å². The summed E-state index contributed by atoms with van der Waals surface area (Å²) in [6.45, 7) is 6.04. The largest absolute Gasteiger partial charge is 0.343 e. The second-order valence-electron chi connectivity index (χ2n) is 6.66. The van der Waals surface area contributed by atoms with Gasteiger partial charge in [0.2, 0.25) is 5.91 Å². The molecule has 0 bridgehead atoms. The molecule has 5 nitrogen and oxygen atoms in total. The highest BCUT2D eigenvalue weighted by Crippen LogP contribution is 2.37. The molecule has 23 heavy (non-hydrogen) atoms. The molecule has 1 fully saturated rings. The van der Waals surface area contributed by atoms with Crippen molar-refractivity contribution in [3.63, 3.8) is 0 Å². The highest BCUT2D eigenvalue weighted by Gasteiger charge is 2.35. The minimum atomic E-state index is 0.123. The maximum atomic E-state index is 12.4. The molecule has 1 amide bonds. The lowest BCUT2D eigenvalue weighted by molar-refractivity contribution is -0.132. The van der Waals surface area contributed by atoms with E-state index in [4.69, 9.17) is 0 Å². The number of nitrogens with zero attached hydrogens (tertiary/aromatic N) is 4. The first-order chi connectivity index (χ1) is 11.0. The number of carbonyl (C=O) groups excluding carboxylic acids is 1. The van der Waals surface area contributed by atoms with Gasteiger partial charge in [0, 0.05) is 54.9 Å². The molecule has 1 saturated heterocycles. The van der Waals surface area contributed by atoms with Gasteiger partial charge in [0.05, 0.1) is 5.01 Å². The number of aryl methyl sites for hydroxylation is 3. The zero-order valence-electron chi connectivity index (χ0n) is 14.1. The molecule has 0 aromatic carbocycles. The van der Waals surface area contributed by atoms with Crippen LogP contribution in [-0.2, 0) is 23.7 Å². The first kappa shape index (κ1) is 16.2. The summed E-state index contributed by atoms with van der Waals surface area (Å²) in [4.78, 5) is 20.3. The van der Waals surface area contributed by atoms with E-state index in [2.05, 4.69) is 23.9 Å². The lowest BCUT2D eigenvalue weighted by Gasteiger charge is -2.38. The lowest BCUT2D eigenvalue weighted by Crippen LogP contribution is -2.44. The molecule has 0 radical (unpaired) electrons. The van der Waals surface area contributed by atoms with Crippen LogP contribution in [0.25, 0.3) is 0 Å². The summed E-state index contributed by atoms with van der Waals surface area (Å²) in [5.74, 6) is 0.253. The SMILES string of the molecule is Cc1cnc(C2(C)CCN(C(=O)CCc3ccnn3C)CC2)s1. The van der Waals surface area contributed by atoms with Crippen LogP contribution in [0.15, 0.2) is 18.5 Å². The molecular weight excluding hydrogens is 308 g/mol. The van der Waals surface area contributed by atoms with Crippen molar-refractivity contribution in [2.75, 3.05) is 13.1 Å². The van der Waals surface area contributed by atoms with E-state index in [-0.39, 0.29) is 11.3 Å². The fraction of sp³-hybridized carbons (Fsp3) is 0.588. The van der Waals surface area contributed by atoms with Crippen LogP contribution < -0.4 is 0 Å². The molecular formula is C17H24N4OS. The highest BCUT2D eigenvalue weighted by molar-refractivity contribution is 7.11. The predicted octanol–water partition coefficient (Wildman–Crippen LogP) is 2.70. The third-order valence-corrected chi connectivity index (χ3v) is 6.09. The topological polar surface area (TPSA) is 51.0 Å². The normalized spacial score (nSPS) is 17.4. The van der Waals surface area contributed by atoms with Gasteiger partial charge < -0.3 is 4.90 Å². The van der Waals surface area contributed by atoms with Crippen LogP contribution in [0, 0.1) is 6.92 Å². The number of carbonyl (C=O) groups is 1. The molecule has 2 aromatic rings. The molecule has 2 aromatic heterocycles. The Morgan fingerprint density at radius 3 is 2.70 bits per heavy atom. The van der Waals surface area contributed by atoms with Crippen molar-refractivity contribution in [3.8, 4) is 0 Å². The number of aromatic nitrogens is 3. The molecule has 0 aliphatic carbocycles. The Morgan fingerprint density at radius 2 is 2.13 bits per heavy atom. The minimum Gasteiger partial charge on any atom is -0.343 e. The van der Waals surface area contributed by atoms with Crippen molar-refractivity contribution in [3.05, 3.63) is 34.0 Å². The van der Waals surface area contributed by atoms with E-state index in [1.165, 1.54) is 9.88 Å². The first-order valence-corrected chi connectivity index (χ1v) is 8.97. The van der Waals surface area contributed by atoms with E-state index in [1.54, 1.807) is 17.5 Å². The molecule has 0 spiro atoms. The third-order valence-electron chi connectivity index (χ3n) is 4.87. The standard InChI is InChI=1S/C17H24N4OS/c1-13-12-18-16(23-13)17(2)7-10-21(11-8-17)15(22)5-4-14-6-9-19-20(14)3/h6,9,12H,4-5,7-8,10-11H2,1-3H3. The van der Waals surface area contributed by atoms with E-state index in [9.17, 15) is 4.79 Å². The molecule has 1 aliphatic heterocycles. The molecule has 0 N–H and O–H groups in total. The van der Waals surface area contributed by atoms with Gasteiger partial charge >= 0.3 is 0 Å². The Labute approximate surface area is 141 Å². The van der Waals surface area contributed by atoms with Crippen LogP contribution in [-0.4, -0.2) is 38.7 Å². The Hall–Kier alpha value is -1.69. The molecule has 124 valence electrons. The van der Waals surface area contributed by atoms with E-state index in [0.717, 1.165) is 38.0 Å². The molecule has 3 heterocycles. The molecule has 0 atom stereocenters. The van der Waals surface area contributed by atoms with Gasteiger partial charge in [0.25, 0.3) is 0 Å². The summed E-state index contributed by atoms with van der Waals surface area (Å²) < 4.78 is 1.84. The molecule has 3 rings (SSSR count). The van der Waals surface area contributed by atoms with Crippen LogP contribution in [0.5, 0.6) is 0 Å². The van der Waals surface area contributed by atoms with Gasteiger partial charge in [-0.1, -0.05) is 6.92 Å². The average Bonchev–Trinajstić information content (AvgIpc) is 3.14. The maximum Gasteiger partial charge on any atom is 0.222 e. The second kappa shape index (κ2) is 6.43. The summed E-state index contributed by atoms with van der Waals surface area (Å²) in [6, 6.07) is 1.98. The van der Waals surface area contributed by atoms with Gasteiger partial charge in [-0.25, -0.2) is 4.98 Å². The van der Waals surface area contributed by atoms with Gasteiger partial charge in [-0.2, -0.15) is 5.10 Å². The van der Waals surface area contributed by atoms with Gasteiger partial charge in [-0.3, -0.25) is 9.48 Å². The van der Waals surface area contributed by atoms with Gasteiger partial charge in [0.1, 0.15) is 0 Å². The minimum absolute atomic E-state index is 0.123. The number of hydrogen-bond acceptors (Lipinski definition) is 4. The zero-order chi connectivity index (χ0) is 16.4. The van der Waals surface area contributed by atoms with Crippen LogP contribution in [0.4, 0.5) is 0 Å².